The molecule has 1 heterocycles. The van der Waals surface area contributed by atoms with Crippen LogP contribution in [-0.2, 0) is 49.0 Å². The fraction of sp³-hybridized carbons (Fsp3) is 0.340. The predicted octanol–water partition coefficient (Wildman–Crippen LogP) is 6.99. The summed E-state index contributed by atoms with van der Waals surface area (Å²) in [5, 5.41) is 28.6. The highest BCUT2D eigenvalue weighted by molar-refractivity contribution is 7.93. The highest BCUT2D eigenvalue weighted by Gasteiger charge is 2.39. The molecule has 0 saturated heterocycles. The van der Waals surface area contributed by atoms with Gasteiger partial charge in [0.15, 0.2) is 9.84 Å². The Morgan fingerprint density at radius 3 is 1.82 bits per heavy atom. The largest absolute Gasteiger partial charge is 0.497 e. The summed E-state index contributed by atoms with van der Waals surface area (Å²) in [5.41, 5.74) is 7.80. The van der Waals surface area contributed by atoms with Crippen molar-refractivity contribution in [3.63, 3.8) is 0 Å². The van der Waals surface area contributed by atoms with Gasteiger partial charge in [0, 0.05) is 26.7 Å². The quantitative estimate of drug-likeness (QED) is 0.0418. The van der Waals surface area contributed by atoms with E-state index in [1.165, 1.54) is 41.5 Å². The number of carbonyl (C=O) groups excluding carboxylic acids is 2. The normalized spacial score (nSPS) is 12.5. The number of para-hydroxylation sites is 1. The highest BCUT2D eigenvalue weighted by Crippen LogP contribution is 2.44. The molecule has 72 heavy (non-hydrogen) atoms. The van der Waals surface area contributed by atoms with Gasteiger partial charge in [-0.1, -0.05) is 74.2 Å². The number of rotatable bonds is 21. The number of sulfone groups is 1. The predicted molar refractivity (Wildman–Crippen MR) is 277 cm³/mol. The van der Waals surface area contributed by atoms with Crippen molar-refractivity contribution in [3.05, 3.63) is 120 Å². The smallest absolute Gasteiger partial charge is 0.408 e. The molecule has 0 spiro atoms. The average Bonchev–Trinajstić information content (AvgIpc) is 3.80. The number of tetrazole rings is 1. The van der Waals surface area contributed by atoms with Crippen LogP contribution < -0.4 is 30.6 Å². The van der Waals surface area contributed by atoms with Gasteiger partial charge in [0.05, 0.1) is 62.1 Å². The van der Waals surface area contributed by atoms with Crippen molar-refractivity contribution < 1.29 is 50.5 Å². The lowest BCUT2D eigenvalue weighted by atomic mass is 9.97. The van der Waals surface area contributed by atoms with Gasteiger partial charge in [-0.25, -0.2) is 21.6 Å². The monoisotopic (exact) mass is 1040 g/mol. The lowest BCUT2D eigenvalue weighted by Gasteiger charge is -2.27. The molecule has 0 bridgehead atoms. The van der Waals surface area contributed by atoms with E-state index in [9.17, 15) is 23.1 Å². The number of nitrogens with zero attached hydrogens (tertiary/aromatic N) is 5. The van der Waals surface area contributed by atoms with Crippen LogP contribution in [0, 0.1) is 0 Å². The molecule has 0 radical (unpaired) electrons. The zero-order chi connectivity index (χ0) is 52.6. The summed E-state index contributed by atoms with van der Waals surface area (Å²) < 4.78 is 84.7. The average molecular weight is 1040 g/mol. The van der Waals surface area contributed by atoms with Gasteiger partial charge >= 0.3 is 6.09 Å². The van der Waals surface area contributed by atoms with Crippen LogP contribution in [0.25, 0.3) is 22.5 Å². The number of aliphatic hydroxyl groups excluding tert-OH is 1. The summed E-state index contributed by atoms with van der Waals surface area (Å²) in [5.74, 6) is 0.249. The summed E-state index contributed by atoms with van der Waals surface area (Å²) in [6.07, 6.45) is -0.947. The van der Waals surface area contributed by atoms with E-state index < -0.39 is 68.0 Å². The Balaban J connectivity index is 1.62. The van der Waals surface area contributed by atoms with Crippen LogP contribution in [0.3, 0.4) is 0 Å². The molecular weight excluding hydrogens is 981 g/mol. The van der Waals surface area contributed by atoms with Crippen LogP contribution >= 0.6 is 0 Å². The lowest BCUT2D eigenvalue weighted by molar-refractivity contribution is -0.119. The first-order chi connectivity index (χ1) is 33.9. The number of aliphatic hydroxyl groups is 1. The molecule has 0 aliphatic carbocycles. The van der Waals surface area contributed by atoms with Crippen LogP contribution in [0.2, 0.25) is 25.7 Å². The van der Waals surface area contributed by atoms with Gasteiger partial charge in [0.25, 0.3) is 0 Å². The third-order valence-electron chi connectivity index (χ3n) is 11.2. The number of sulfonamides is 1. The highest BCUT2D eigenvalue weighted by atomic mass is 32.2. The van der Waals surface area contributed by atoms with E-state index in [4.69, 9.17) is 29.8 Å². The third-order valence-corrected chi connectivity index (χ3v) is 17.1. The van der Waals surface area contributed by atoms with Crippen LogP contribution in [0.1, 0.15) is 37.5 Å². The molecule has 1 aromatic heterocycles. The van der Waals surface area contributed by atoms with Gasteiger partial charge in [-0.05, 0) is 103 Å². The van der Waals surface area contributed by atoms with Crippen LogP contribution in [0.15, 0.2) is 113 Å². The maximum atomic E-state index is 16.1. The van der Waals surface area contributed by atoms with E-state index in [1.807, 2.05) is 19.6 Å². The number of amides is 2. The van der Waals surface area contributed by atoms with E-state index in [-0.39, 0.29) is 59.3 Å². The number of hydrogen-bond donors (Lipinski definition) is 4. The van der Waals surface area contributed by atoms with Crippen molar-refractivity contribution in [2.75, 3.05) is 44.7 Å². The van der Waals surface area contributed by atoms with Gasteiger partial charge in [-0.15, -0.1) is 10.2 Å². The number of nitrogen functional groups attached to an aromatic ring is 1. The molecule has 0 unspecified atom stereocenters. The number of anilines is 2. The van der Waals surface area contributed by atoms with Crippen LogP contribution in [-0.4, -0.2) is 112 Å². The van der Waals surface area contributed by atoms with Gasteiger partial charge in [-0.2, -0.15) is 9.10 Å². The number of ether oxygens (including phenoxy) is 4. The number of aromatic nitrogens is 4. The number of benzene rings is 5. The zero-order valence-corrected chi connectivity index (χ0v) is 44.4. The van der Waals surface area contributed by atoms with E-state index in [2.05, 4.69) is 20.9 Å². The van der Waals surface area contributed by atoms with Crippen molar-refractivity contribution in [1.29, 1.82) is 0 Å². The summed E-state index contributed by atoms with van der Waals surface area (Å²) in [7, 11) is -6.84. The zero-order valence-electron chi connectivity index (χ0n) is 41.8. The van der Waals surface area contributed by atoms with E-state index in [0.29, 0.717) is 34.4 Å². The number of methoxy groups -OCH3 is 3. The van der Waals surface area contributed by atoms with Gasteiger partial charge in [0.1, 0.15) is 33.8 Å². The number of alkyl carbamates (subject to hydrolysis) is 1. The Labute approximate surface area is 421 Å². The third kappa shape index (κ3) is 13.8. The second kappa shape index (κ2) is 22.7. The standard InChI is InChI=1S/C50H62N8O11S2Si/c1-50(2,3)69-49(61)53-42(32-59)48(60)52-41-12-10-11-40(45(41)51)39-25-26-43(70(62,63)27-28-72(7,8)9)46(44(39)47-54-56-58(55-47)31-35-17-23-38(68-6)24-18-35)71(64,65)57(29-33-13-19-36(66-4)20-14-33)30-34-15-21-37(67-5)22-16-34/h10-26,42,59H,27-32,51H2,1-9H3,(H,52,60)(H,53,61)/t42-/m1/s1. The molecular formula is C50H62N8O11S2Si. The fourth-order valence-corrected chi connectivity index (χ4v) is 14.1. The van der Waals surface area contributed by atoms with Crippen molar-refractivity contribution in [2.45, 2.75) is 87.5 Å². The van der Waals surface area contributed by atoms with E-state index in [0.717, 1.165) is 5.56 Å². The minimum absolute atomic E-state index is 0.0147. The van der Waals surface area contributed by atoms with Crippen molar-refractivity contribution in [2.24, 2.45) is 0 Å². The van der Waals surface area contributed by atoms with Crippen molar-refractivity contribution >= 4 is 51.3 Å². The Bertz CT molecular complexity index is 3040. The second-order valence-electron chi connectivity index (χ2n) is 19.0. The molecule has 0 aliphatic rings. The Kier molecular flexibility index (Phi) is 17.2. The van der Waals surface area contributed by atoms with Crippen molar-refractivity contribution in [1.82, 2.24) is 29.8 Å². The Morgan fingerprint density at radius 1 is 0.778 bits per heavy atom. The second-order valence-corrected chi connectivity index (χ2v) is 28.6. The van der Waals surface area contributed by atoms with Gasteiger partial charge in [0.2, 0.25) is 21.8 Å². The summed E-state index contributed by atoms with van der Waals surface area (Å²) in [4.78, 5) is 26.4. The number of carbonyl (C=O) groups is 2. The minimum atomic E-state index is -4.96. The molecule has 22 heteroatoms. The summed E-state index contributed by atoms with van der Waals surface area (Å²) >= 11 is 0. The maximum Gasteiger partial charge on any atom is 0.408 e. The van der Waals surface area contributed by atoms with Crippen LogP contribution in [0.5, 0.6) is 17.2 Å². The van der Waals surface area contributed by atoms with Gasteiger partial charge in [-0.3, -0.25) is 4.79 Å². The van der Waals surface area contributed by atoms with E-state index in [1.54, 1.807) is 113 Å². The molecule has 6 rings (SSSR count). The molecule has 2 amide bonds. The SMILES string of the molecule is COc1ccc(CN(Cc2ccc(OC)cc2)S(=O)(=O)c2c(S(=O)(=O)CC[Si](C)(C)C)ccc(-c3cccc(NC(=O)[C@@H](CO)NC(=O)OC(C)(C)C)c3N)c2-c2nnn(Cc3ccc(OC)cc3)n2)cc1. The molecule has 0 aliphatic heterocycles. The number of nitrogens with one attached hydrogen (secondary N) is 2. The lowest BCUT2D eigenvalue weighted by Crippen LogP contribution is -2.47. The topological polar surface area (TPSA) is 256 Å². The molecule has 5 aromatic carbocycles. The molecule has 19 nitrogen and oxygen atoms in total. The molecule has 0 saturated carbocycles. The molecule has 6 aromatic rings. The molecule has 1 atom stereocenters. The number of nitrogens with two attached hydrogens (primary N) is 1. The first-order valence-corrected chi connectivity index (χ1v) is 29.6. The van der Waals surface area contributed by atoms with Gasteiger partial charge < -0.3 is 40.4 Å². The summed E-state index contributed by atoms with van der Waals surface area (Å²) in [6, 6.07) is 26.9. The number of hydrogen-bond acceptors (Lipinski definition) is 15. The Hall–Kier alpha value is -6.85. The molecule has 384 valence electrons. The van der Waals surface area contributed by atoms with Crippen LogP contribution in [0.4, 0.5) is 16.2 Å². The fourth-order valence-electron chi connectivity index (χ4n) is 7.36. The Morgan fingerprint density at radius 2 is 1.32 bits per heavy atom. The molecule has 0 fully saturated rings. The maximum absolute atomic E-state index is 16.1. The van der Waals surface area contributed by atoms with E-state index >= 15 is 8.42 Å². The summed E-state index contributed by atoms with van der Waals surface area (Å²) in [6.45, 7) is 9.84. The minimum Gasteiger partial charge on any atom is -0.497 e. The van der Waals surface area contributed by atoms with Crippen molar-refractivity contribution in [3.8, 4) is 39.8 Å². The first-order valence-electron chi connectivity index (χ1n) is 22.8. The first kappa shape index (κ1) is 54.5. The molecule has 5 N–H and O–H groups in total.